The fourth-order valence-electron chi connectivity index (χ4n) is 3.07. The molecule has 0 spiro atoms. The van der Waals surface area contributed by atoms with Crippen LogP contribution in [0.4, 0.5) is 32.0 Å². The summed E-state index contributed by atoms with van der Waals surface area (Å²) in [7, 11) is -11.1. The second-order valence-electron chi connectivity index (χ2n) is 7.12. The highest BCUT2D eigenvalue weighted by atomic mass is 35.5. The number of nitriles is 1. The predicted octanol–water partition coefficient (Wildman–Crippen LogP) is 6.49. The van der Waals surface area contributed by atoms with Crippen molar-refractivity contribution in [1.82, 2.24) is 0 Å². The lowest BCUT2D eigenvalue weighted by Gasteiger charge is -2.25. The van der Waals surface area contributed by atoms with Crippen LogP contribution in [0.3, 0.4) is 0 Å². The van der Waals surface area contributed by atoms with E-state index in [0.717, 1.165) is 18.2 Å². The Kier molecular flexibility index (Phi) is 7.50. The van der Waals surface area contributed by atoms with E-state index < -0.39 is 78.3 Å². The maximum Gasteiger partial charge on any atom is 0.417 e. The number of benzene rings is 3. The van der Waals surface area contributed by atoms with Gasteiger partial charge in [0.05, 0.1) is 42.2 Å². The van der Waals surface area contributed by atoms with Gasteiger partial charge in [-0.1, -0.05) is 35.3 Å². The van der Waals surface area contributed by atoms with Crippen molar-refractivity contribution in [2.24, 2.45) is 0 Å². The standard InChI is InChI=1S/C21H10Cl2F6N2O4S2/c22-17-7-5-13(9-15(17)20(24,25)26)36(32,33)31(19-4-2-1-3-12(19)11-30)37(34,35)14-6-8-18(23)16(10-14)21(27,28)29/h1-10H. The lowest BCUT2D eigenvalue weighted by atomic mass is 10.2. The van der Waals surface area contributed by atoms with Crippen LogP contribution >= 0.6 is 23.2 Å². The summed E-state index contributed by atoms with van der Waals surface area (Å²) in [5, 5.41) is 7.62. The Morgan fingerprint density at radius 3 is 1.49 bits per heavy atom. The van der Waals surface area contributed by atoms with Crippen LogP contribution in [0, 0.1) is 11.3 Å². The summed E-state index contributed by atoms with van der Waals surface area (Å²) in [6.45, 7) is 0. The molecule has 0 heterocycles. The molecular formula is C21H10Cl2F6N2O4S2. The maximum absolute atomic E-state index is 13.5. The quantitative estimate of drug-likeness (QED) is 0.311. The molecule has 0 saturated carbocycles. The van der Waals surface area contributed by atoms with Crippen molar-refractivity contribution in [1.29, 1.82) is 5.26 Å². The lowest BCUT2D eigenvalue weighted by molar-refractivity contribution is -0.138. The van der Waals surface area contributed by atoms with Gasteiger partial charge < -0.3 is 0 Å². The van der Waals surface area contributed by atoms with Crippen LogP contribution in [0.1, 0.15) is 16.7 Å². The third-order valence-electron chi connectivity index (χ3n) is 4.74. The number of anilines is 1. The van der Waals surface area contributed by atoms with Crippen LogP contribution < -0.4 is 3.71 Å². The number of nitrogens with zero attached hydrogens (tertiary/aromatic N) is 2. The van der Waals surface area contributed by atoms with Gasteiger partial charge in [0, 0.05) is 0 Å². The fraction of sp³-hybridized carbons (Fsp3) is 0.0952. The van der Waals surface area contributed by atoms with Gasteiger partial charge in [0.1, 0.15) is 6.07 Å². The van der Waals surface area contributed by atoms with Gasteiger partial charge in [-0.15, -0.1) is 0 Å². The maximum atomic E-state index is 13.5. The topological polar surface area (TPSA) is 95.3 Å². The van der Waals surface area contributed by atoms with E-state index in [-0.39, 0.29) is 12.1 Å². The highest BCUT2D eigenvalue weighted by Gasteiger charge is 2.42. The molecule has 0 unspecified atom stereocenters. The van der Waals surface area contributed by atoms with E-state index in [0.29, 0.717) is 24.3 Å². The van der Waals surface area contributed by atoms with E-state index in [9.17, 15) is 48.4 Å². The van der Waals surface area contributed by atoms with Crippen LogP contribution in [0.15, 0.2) is 70.5 Å². The Morgan fingerprint density at radius 2 is 1.11 bits per heavy atom. The number of hydrogen-bond acceptors (Lipinski definition) is 5. The molecule has 0 aliphatic heterocycles. The molecule has 3 rings (SSSR count). The van der Waals surface area contributed by atoms with Crippen molar-refractivity contribution in [3.63, 3.8) is 0 Å². The first-order chi connectivity index (χ1) is 16.9. The normalized spacial score (nSPS) is 12.7. The molecule has 37 heavy (non-hydrogen) atoms. The molecule has 0 aliphatic carbocycles. The van der Waals surface area contributed by atoms with Crippen LogP contribution in [0.5, 0.6) is 0 Å². The summed E-state index contributed by atoms with van der Waals surface area (Å²) in [6.07, 6.45) is -10.3. The van der Waals surface area contributed by atoms with Gasteiger partial charge in [-0.3, -0.25) is 0 Å². The zero-order chi connectivity index (χ0) is 28.0. The van der Waals surface area contributed by atoms with E-state index >= 15 is 0 Å². The number of alkyl halides is 6. The molecule has 0 N–H and O–H groups in total. The summed E-state index contributed by atoms with van der Waals surface area (Å²) < 4.78 is 134. The minimum Gasteiger partial charge on any atom is -0.200 e. The summed E-state index contributed by atoms with van der Waals surface area (Å²) in [4.78, 5) is -2.43. The molecule has 0 amide bonds. The molecule has 3 aromatic rings. The second-order valence-corrected chi connectivity index (χ2v) is 11.7. The van der Waals surface area contributed by atoms with Crippen molar-refractivity contribution in [3.05, 3.63) is 87.4 Å². The summed E-state index contributed by atoms with van der Waals surface area (Å²) >= 11 is 11.1. The largest absolute Gasteiger partial charge is 0.417 e. The summed E-state index contributed by atoms with van der Waals surface area (Å²) in [5.41, 5.74) is -4.65. The van der Waals surface area contributed by atoms with Crippen LogP contribution in [0.25, 0.3) is 0 Å². The number of halogens is 8. The van der Waals surface area contributed by atoms with Gasteiger partial charge >= 0.3 is 12.4 Å². The first-order valence-corrected chi connectivity index (χ1v) is 13.1. The van der Waals surface area contributed by atoms with Crippen molar-refractivity contribution >= 4 is 48.9 Å². The Labute approximate surface area is 216 Å². The van der Waals surface area contributed by atoms with Gasteiger partial charge in [0.25, 0.3) is 20.0 Å². The zero-order valence-corrected chi connectivity index (χ0v) is 20.8. The summed E-state index contributed by atoms with van der Waals surface area (Å²) in [5.74, 6) is 0. The molecule has 0 atom stereocenters. The number of hydrogen-bond donors (Lipinski definition) is 0. The van der Waals surface area contributed by atoms with Gasteiger partial charge in [0.15, 0.2) is 0 Å². The third kappa shape index (κ3) is 5.49. The van der Waals surface area contributed by atoms with Gasteiger partial charge in [-0.05, 0) is 48.5 Å². The van der Waals surface area contributed by atoms with Crippen molar-refractivity contribution in [2.45, 2.75) is 22.1 Å². The van der Waals surface area contributed by atoms with Crippen molar-refractivity contribution < 1.29 is 43.2 Å². The Bertz CT molecular complexity index is 1540. The van der Waals surface area contributed by atoms with Crippen molar-refractivity contribution in [2.75, 3.05) is 3.71 Å². The average Bonchev–Trinajstić information content (AvgIpc) is 2.78. The van der Waals surface area contributed by atoms with E-state index in [2.05, 4.69) is 0 Å². The molecule has 196 valence electrons. The van der Waals surface area contributed by atoms with Crippen molar-refractivity contribution in [3.8, 4) is 6.07 Å². The molecule has 0 aliphatic rings. The van der Waals surface area contributed by atoms with Gasteiger partial charge in [-0.2, -0.15) is 35.3 Å². The first kappa shape index (κ1) is 28.6. The molecule has 6 nitrogen and oxygen atoms in total. The highest BCUT2D eigenvalue weighted by Crippen LogP contribution is 2.40. The molecule has 0 bridgehead atoms. The number of para-hydroxylation sites is 1. The van der Waals surface area contributed by atoms with E-state index in [4.69, 9.17) is 23.2 Å². The monoisotopic (exact) mass is 602 g/mol. The molecule has 16 heteroatoms. The summed E-state index contributed by atoms with van der Waals surface area (Å²) in [6, 6.07) is 8.13. The molecule has 0 aromatic heterocycles. The zero-order valence-electron chi connectivity index (χ0n) is 17.6. The van der Waals surface area contributed by atoms with E-state index in [1.807, 2.05) is 0 Å². The van der Waals surface area contributed by atoms with Gasteiger partial charge in [-0.25, -0.2) is 16.8 Å². The van der Waals surface area contributed by atoms with Crippen LogP contribution in [0.2, 0.25) is 10.0 Å². The Morgan fingerprint density at radius 1 is 0.703 bits per heavy atom. The van der Waals surface area contributed by atoms with Crippen LogP contribution in [-0.4, -0.2) is 16.8 Å². The Hall–Kier alpha value is -2.99. The molecule has 0 saturated heterocycles. The smallest absolute Gasteiger partial charge is 0.200 e. The third-order valence-corrected chi connectivity index (χ3v) is 9.54. The minimum absolute atomic E-state index is 0.0676. The van der Waals surface area contributed by atoms with E-state index in [1.54, 1.807) is 0 Å². The van der Waals surface area contributed by atoms with E-state index in [1.165, 1.54) is 12.1 Å². The number of sulfonamides is 2. The second kappa shape index (κ2) is 9.71. The average molecular weight is 603 g/mol. The molecular weight excluding hydrogens is 593 g/mol. The molecule has 0 radical (unpaired) electrons. The fourth-order valence-corrected chi connectivity index (χ4v) is 7.30. The molecule has 0 fully saturated rings. The van der Waals surface area contributed by atoms with Gasteiger partial charge in [0.2, 0.25) is 0 Å². The lowest BCUT2D eigenvalue weighted by Crippen LogP contribution is -2.37. The molecule has 3 aromatic carbocycles. The predicted molar refractivity (Wildman–Crippen MR) is 121 cm³/mol. The first-order valence-electron chi connectivity index (χ1n) is 9.45. The number of rotatable bonds is 5. The Balaban J connectivity index is 2.39. The SMILES string of the molecule is N#Cc1ccccc1N(S(=O)(=O)c1ccc(Cl)c(C(F)(F)F)c1)S(=O)(=O)c1ccc(Cl)c(C(F)(F)F)c1. The minimum atomic E-state index is -5.53. The highest BCUT2D eigenvalue weighted by molar-refractivity contribution is 8.10. The van der Waals surface area contributed by atoms with Crippen LogP contribution in [-0.2, 0) is 32.4 Å².